The summed E-state index contributed by atoms with van der Waals surface area (Å²) in [6.45, 7) is 4.18. The van der Waals surface area contributed by atoms with Crippen LogP contribution in [0, 0.1) is 11.8 Å². The number of carbonyl (C=O) groups excluding carboxylic acids is 2. The molecule has 4 N–H and O–H groups in total. The molecule has 0 aromatic heterocycles. The van der Waals surface area contributed by atoms with Crippen LogP contribution in [0.5, 0.6) is 0 Å². The normalized spacial score (nSPS) is 16.3. The SMILES string of the molecule is CC(CC(=O)Nc1ccc(C(N)=O)c(Cl)c1)C1CCNCC1.Cl. The highest BCUT2D eigenvalue weighted by Gasteiger charge is 2.22. The largest absolute Gasteiger partial charge is 0.366 e. The molecule has 1 fully saturated rings. The minimum Gasteiger partial charge on any atom is -0.366 e. The van der Waals surface area contributed by atoms with Crippen LogP contribution in [0.4, 0.5) is 5.69 Å². The summed E-state index contributed by atoms with van der Waals surface area (Å²) in [7, 11) is 0. The lowest BCUT2D eigenvalue weighted by atomic mass is 9.84. The van der Waals surface area contributed by atoms with Gasteiger partial charge in [-0.3, -0.25) is 9.59 Å². The topological polar surface area (TPSA) is 84.2 Å². The van der Waals surface area contributed by atoms with Gasteiger partial charge in [0.05, 0.1) is 10.6 Å². The van der Waals surface area contributed by atoms with Crippen molar-refractivity contribution in [3.05, 3.63) is 28.8 Å². The molecule has 0 bridgehead atoms. The van der Waals surface area contributed by atoms with Crippen molar-refractivity contribution in [2.75, 3.05) is 18.4 Å². The quantitative estimate of drug-likeness (QED) is 0.755. The van der Waals surface area contributed by atoms with Crippen LogP contribution in [0.2, 0.25) is 5.02 Å². The van der Waals surface area contributed by atoms with Crippen LogP contribution in [0.3, 0.4) is 0 Å². The second kappa shape index (κ2) is 9.11. The molecule has 0 saturated carbocycles. The lowest BCUT2D eigenvalue weighted by molar-refractivity contribution is -0.117. The maximum Gasteiger partial charge on any atom is 0.250 e. The molecule has 1 atom stereocenters. The lowest BCUT2D eigenvalue weighted by Gasteiger charge is -2.27. The van der Waals surface area contributed by atoms with Gasteiger partial charge in [-0.25, -0.2) is 0 Å². The standard InChI is InChI=1S/C16H22ClN3O2.ClH/c1-10(11-4-6-19-7-5-11)8-15(21)20-12-2-3-13(16(18)22)14(17)9-12;/h2-3,9-11,19H,4-8H2,1H3,(H2,18,22)(H,20,21);1H. The second-order valence-electron chi connectivity index (χ2n) is 5.88. The highest BCUT2D eigenvalue weighted by Crippen LogP contribution is 2.25. The van der Waals surface area contributed by atoms with Gasteiger partial charge in [-0.05, 0) is 56.0 Å². The Morgan fingerprint density at radius 2 is 2.04 bits per heavy atom. The molecule has 2 amide bonds. The van der Waals surface area contributed by atoms with E-state index in [4.69, 9.17) is 17.3 Å². The van der Waals surface area contributed by atoms with Crippen molar-refractivity contribution in [3.8, 4) is 0 Å². The molecule has 1 aromatic carbocycles. The highest BCUT2D eigenvalue weighted by atomic mass is 35.5. The third-order valence-electron chi connectivity index (χ3n) is 4.21. The summed E-state index contributed by atoms with van der Waals surface area (Å²) in [5, 5.41) is 6.41. The molecule has 1 heterocycles. The molecule has 2 rings (SSSR count). The van der Waals surface area contributed by atoms with Gasteiger partial charge < -0.3 is 16.4 Å². The summed E-state index contributed by atoms with van der Waals surface area (Å²) in [5.41, 5.74) is 6.03. The number of primary amides is 1. The summed E-state index contributed by atoms with van der Waals surface area (Å²) in [6.07, 6.45) is 2.72. The van der Waals surface area contributed by atoms with Gasteiger partial charge in [-0.2, -0.15) is 0 Å². The fourth-order valence-electron chi connectivity index (χ4n) is 2.88. The molecule has 128 valence electrons. The molecule has 0 spiro atoms. The molecule has 1 aromatic rings. The van der Waals surface area contributed by atoms with Gasteiger partial charge in [-0.15, -0.1) is 12.4 Å². The summed E-state index contributed by atoms with van der Waals surface area (Å²) < 4.78 is 0. The zero-order valence-corrected chi connectivity index (χ0v) is 14.7. The predicted molar refractivity (Wildman–Crippen MR) is 95.2 cm³/mol. The van der Waals surface area contributed by atoms with Crippen LogP contribution >= 0.6 is 24.0 Å². The van der Waals surface area contributed by atoms with E-state index in [1.54, 1.807) is 12.1 Å². The van der Waals surface area contributed by atoms with E-state index in [-0.39, 0.29) is 28.9 Å². The van der Waals surface area contributed by atoms with Gasteiger partial charge in [0.2, 0.25) is 11.8 Å². The number of amides is 2. The van der Waals surface area contributed by atoms with E-state index in [0.717, 1.165) is 25.9 Å². The van der Waals surface area contributed by atoms with Gasteiger partial charge >= 0.3 is 0 Å². The molecule has 1 unspecified atom stereocenters. The third-order valence-corrected chi connectivity index (χ3v) is 4.53. The van der Waals surface area contributed by atoms with Crippen molar-refractivity contribution in [1.29, 1.82) is 0 Å². The third kappa shape index (κ3) is 5.68. The van der Waals surface area contributed by atoms with Crippen LogP contribution < -0.4 is 16.4 Å². The van der Waals surface area contributed by atoms with Crippen molar-refractivity contribution in [1.82, 2.24) is 5.32 Å². The van der Waals surface area contributed by atoms with Crippen LogP contribution in [-0.2, 0) is 4.79 Å². The van der Waals surface area contributed by atoms with Gasteiger partial charge in [-0.1, -0.05) is 18.5 Å². The molecule has 0 radical (unpaired) electrons. The number of hydrogen-bond donors (Lipinski definition) is 3. The van der Waals surface area contributed by atoms with Crippen molar-refractivity contribution in [2.45, 2.75) is 26.2 Å². The number of carbonyl (C=O) groups is 2. The second-order valence-corrected chi connectivity index (χ2v) is 6.28. The Kier molecular flexibility index (Phi) is 7.82. The van der Waals surface area contributed by atoms with E-state index in [2.05, 4.69) is 17.6 Å². The summed E-state index contributed by atoms with van der Waals surface area (Å²) in [4.78, 5) is 23.3. The van der Waals surface area contributed by atoms with E-state index in [9.17, 15) is 9.59 Å². The van der Waals surface area contributed by atoms with Gasteiger partial charge in [0.1, 0.15) is 0 Å². The number of rotatable bonds is 5. The molecule has 5 nitrogen and oxygen atoms in total. The first-order chi connectivity index (χ1) is 10.5. The average Bonchev–Trinajstić information content (AvgIpc) is 2.47. The van der Waals surface area contributed by atoms with Crippen LogP contribution in [0.25, 0.3) is 0 Å². The van der Waals surface area contributed by atoms with Crippen LogP contribution in [0.1, 0.15) is 36.5 Å². The number of nitrogens with two attached hydrogens (primary N) is 1. The lowest BCUT2D eigenvalue weighted by Crippen LogP contribution is -2.32. The van der Waals surface area contributed by atoms with Crippen molar-refractivity contribution >= 4 is 41.5 Å². The molecule has 0 aliphatic carbocycles. The first-order valence-corrected chi connectivity index (χ1v) is 7.95. The molecule has 1 aliphatic heterocycles. The van der Waals surface area contributed by atoms with E-state index < -0.39 is 5.91 Å². The van der Waals surface area contributed by atoms with Crippen molar-refractivity contribution in [3.63, 3.8) is 0 Å². The van der Waals surface area contributed by atoms with Crippen molar-refractivity contribution < 1.29 is 9.59 Å². The van der Waals surface area contributed by atoms with E-state index in [0.29, 0.717) is 23.9 Å². The molecular formula is C16H23Cl2N3O2. The maximum atomic E-state index is 12.1. The summed E-state index contributed by atoms with van der Waals surface area (Å²) >= 11 is 5.98. The Morgan fingerprint density at radius 3 is 2.61 bits per heavy atom. The number of piperidine rings is 1. The zero-order chi connectivity index (χ0) is 16.1. The number of nitrogens with one attached hydrogen (secondary N) is 2. The van der Waals surface area contributed by atoms with Crippen LogP contribution in [0.15, 0.2) is 18.2 Å². The summed E-state index contributed by atoms with van der Waals surface area (Å²) in [6, 6.07) is 4.71. The number of anilines is 1. The Labute approximate surface area is 147 Å². The van der Waals surface area contributed by atoms with E-state index in [1.165, 1.54) is 6.07 Å². The molecule has 7 heteroatoms. The van der Waals surface area contributed by atoms with Gasteiger partial charge in [0.25, 0.3) is 0 Å². The van der Waals surface area contributed by atoms with Gasteiger partial charge in [0.15, 0.2) is 0 Å². The number of benzene rings is 1. The first kappa shape index (κ1) is 19.7. The average molecular weight is 360 g/mol. The highest BCUT2D eigenvalue weighted by molar-refractivity contribution is 6.34. The molecular weight excluding hydrogens is 337 g/mol. The number of halogens is 2. The minimum absolute atomic E-state index is 0. The van der Waals surface area contributed by atoms with E-state index >= 15 is 0 Å². The smallest absolute Gasteiger partial charge is 0.250 e. The Bertz CT molecular complexity index is 560. The number of hydrogen-bond acceptors (Lipinski definition) is 3. The first-order valence-electron chi connectivity index (χ1n) is 7.57. The molecule has 1 saturated heterocycles. The fourth-order valence-corrected chi connectivity index (χ4v) is 3.15. The Morgan fingerprint density at radius 1 is 1.39 bits per heavy atom. The fraction of sp³-hybridized carbons (Fsp3) is 0.500. The monoisotopic (exact) mass is 359 g/mol. The Balaban J connectivity index is 0.00000264. The predicted octanol–water partition coefficient (Wildman–Crippen LogP) is 2.83. The summed E-state index contributed by atoms with van der Waals surface area (Å²) in [5.74, 6) is 0.326. The molecule has 1 aliphatic rings. The minimum atomic E-state index is -0.581. The van der Waals surface area contributed by atoms with Crippen molar-refractivity contribution in [2.24, 2.45) is 17.6 Å². The zero-order valence-electron chi connectivity index (χ0n) is 13.1. The maximum absolute atomic E-state index is 12.1. The van der Waals surface area contributed by atoms with E-state index in [1.807, 2.05) is 0 Å². The van der Waals surface area contributed by atoms with Crippen LogP contribution in [-0.4, -0.2) is 24.9 Å². The Hall–Kier alpha value is -1.30. The van der Waals surface area contributed by atoms with Gasteiger partial charge in [0, 0.05) is 12.1 Å². The molecule has 23 heavy (non-hydrogen) atoms.